The fourth-order valence-corrected chi connectivity index (χ4v) is 2.12. The zero-order chi connectivity index (χ0) is 14.9. The Bertz CT molecular complexity index is 714. The third kappa shape index (κ3) is 2.54. The summed E-state index contributed by atoms with van der Waals surface area (Å²) in [7, 11) is 0. The number of ether oxygens (including phenoxy) is 1. The molecule has 6 heteroatoms. The summed E-state index contributed by atoms with van der Waals surface area (Å²) in [6, 6.07) is 4.98. The van der Waals surface area contributed by atoms with Crippen molar-refractivity contribution in [3.8, 4) is 5.75 Å². The number of benzene rings is 1. The summed E-state index contributed by atoms with van der Waals surface area (Å²) in [5, 5.41) is 9.46. The van der Waals surface area contributed by atoms with E-state index in [9.17, 15) is 14.4 Å². The number of carboxylic acid groups (broad SMARTS) is 1. The zero-order valence-electron chi connectivity index (χ0n) is 11.0. The van der Waals surface area contributed by atoms with Crippen LogP contribution in [0.1, 0.15) is 24.2 Å². The molecule has 1 aromatic carbocycles. The number of esters is 1. The number of carbonyl (C=O) groups excluding carboxylic acids is 2. The van der Waals surface area contributed by atoms with Gasteiger partial charge in [-0.05, 0) is 11.6 Å². The van der Waals surface area contributed by atoms with E-state index in [1.54, 1.807) is 18.2 Å². The van der Waals surface area contributed by atoms with Gasteiger partial charge >= 0.3 is 11.9 Å². The van der Waals surface area contributed by atoms with Crippen LogP contribution < -0.4 is 4.74 Å². The Morgan fingerprint density at radius 3 is 2.50 bits per heavy atom. The molecule has 0 aliphatic carbocycles. The van der Waals surface area contributed by atoms with Crippen molar-refractivity contribution in [2.75, 3.05) is 0 Å². The smallest absolute Gasteiger partial charge is 0.308 e. The number of aliphatic carboxylic acids is 1. The van der Waals surface area contributed by atoms with Crippen molar-refractivity contribution in [2.45, 2.75) is 20.3 Å². The summed E-state index contributed by atoms with van der Waals surface area (Å²) in [5.41, 5.74) is 0.947. The molecule has 0 amide bonds. The molecule has 20 heavy (non-hydrogen) atoms. The van der Waals surface area contributed by atoms with Crippen LogP contribution in [-0.4, -0.2) is 27.5 Å². The molecule has 0 aliphatic heterocycles. The van der Waals surface area contributed by atoms with Crippen molar-refractivity contribution >= 4 is 28.7 Å². The van der Waals surface area contributed by atoms with E-state index in [1.165, 1.54) is 24.6 Å². The average Bonchev–Trinajstić information content (AvgIpc) is 2.68. The van der Waals surface area contributed by atoms with E-state index in [1.807, 2.05) is 0 Å². The van der Waals surface area contributed by atoms with Crippen molar-refractivity contribution in [3.63, 3.8) is 0 Å². The highest BCUT2D eigenvalue weighted by atomic mass is 16.5. The Hall–Kier alpha value is -2.63. The highest BCUT2D eigenvalue weighted by Crippen LogP contribution is 2.31. The van der Waals surface area contributed by atoms with Gasteiger partial charge in [-0.15, -0.1) is 0 Å². The SMILES string of the molecule is CC(=O)Oc1cn(C(C)=O)c2c(CC(=O)O)cccc12. The fraction of sp³-hybridized carbons (Fsp3) is 0.214. The minimum absolute atomic E-state index is 0.214. The van der Waals surface area contributed by atoms with E-state index in [2.05, 4.69) is 0 Å². The molecule has 1 aromatic heterocycles. The third-order valence-electron chi connectivity index (χ3n) is 2.81. The van der Waals surface area contributed by atoms with E-state index >= 15 is 0 Å². The molecule has 0 bridgehead atoms. The molecule has 2 rings (SSSR count). The number of para-hydroxylation sites is 1. The predicted octanol–water partition coefficient (Wildman–Crippen LogP) is 1.85. The second-order valence-electron chi connectivity index (χ2n) is 4.36. The van der Waals surface area contributed by atoms with Crippen LogP contribution in [0.5, 0.6) is 5.75 Å². The minimum Gasteiger partial charge on any atom is -0.481 e. The van der Waals surface area contributed by atoms with E-state index in [0.29, 0.717) is 16.5 Å². The zero-order valence-corrected chi connectivity index (χ0v) is 11.0. The summed E-state index contributed by atoms with van der Waals surface area (Å²) in [5.74, 6) is -1.54. The van der Waals surface area contributed by atoms with E-state index in [-0.39, 0.29) is 18.1 Å². The lowest BCUT2D eigenvalue weighted by Gasteiger charge is -2.04. The van der Waals surface area contributed by atoms with Crippen LogP contribution in [0.25, 0.3) is 10.9 Å². The van der Waals surface area contributed by atoms with Gasteiger partial charge in [-0.3, -0.25) is 19.0 Å². The Kier molecular flexibility index (Phi) is 3.56. The van der Waals surface area contributed by atoms with Crippen LogP contribution in [0.3, 0.4) is 0 Å². The van der Waals surface area contributed by atoms with Gasteiger partial charge in [-0.25, -0.2) is 0 Å². The van der Waals surface area contributed by atoms with Crippen LogP contribution in [0, 0.1) is 0 Å². The van der Waals surface area contributed by atoms with Gasteiger partial charge in [-0.2, -0.15) is 0 Å². The van der Waals surface area contributed by atoms with Gasteiger partial charge in [0.25, 0.3) is 0 Å². The Morgan fingerprint density at radius 2 is 1.95 bits per heavy atom. The molecular weight excluding hydrogens is 262 g/mol. The van der Waals surface area contributed by atoms with Crippen LogP contribution in [0.15, 0.2) is 24.4 Å². The summed E-state index contributed by atoms with van der Waals surface area (Å²) >= 11 is 0. The average molecular weight is 275 g/mol. The topological polar surface area (TPSA) is 85.6 Å². The van der Waals surface area contributed by atoms with Crippen LogP contribution >= 0.6 is 0 Å². The summed E-state index contributed by atoms with van der Waals surface area (Å²) in [6.07, 6.45) is 1.19. The second kappa shape index (κ2) is 5.16. The van der Waals surface area contributed by atoms with Crippen LogP contribution in [0.2, 0.25) is 0 Å². The van der Waals surface area contributed by atoms with E-state index in [4.69, 9.17) is 9.84 Å². The molecule has 0 saturated heterocycles. The summed E-state index contributed by atoms with van der Waals surface area (Å²) in [6.45, 7) is 2.62. The maximum atomic E-state index is 11.7. The first-order valence-electron chi connectivity index (χ1n) is 5.94. The molecule has 2 aromatic rings. The maximum absolute atomic E-state index is 11.7. The number of rotatable bonds is 3. The molecule has 0 spiro atoms. The maximum Gasteiger partial charge on any atom is 0.308 e. The lowest BCUT2D eigenvalue weighted by Crippen LogP contribution is -2.07. The Balaban J connectivity index is 2.72. The fourth-order valence-electron chi connectivity index (χ4n) is 2.12. The normalized spacial score (nSPS) is 10.5. The largest absolute Gasteiger partial charge is 0.481 e. The quantitative estimate of drug-likeness (QED) is 0.864. The van der Waals surface area contributed by atoms with Crippen molar-refractivity contribution in [2.24, 2.45) is 0 Å². The first-order chi connectivity index (χ1) is 9.40. The lowest BCUT2D eigenvalue weighted by molar-refractivity contribution is -0.136. The molecule has 104 valence electrons. The number of hydrogen-bond acceptors (Lipinski definition) is 4. The van der Waals surface area contributed by atoms with Gasteiger partial charge < -0.3 is 9.84 Å². The Labute approximate surface area is 114 Å². The van der Waals surface area contributed by atoms with E-state index < -0.39 is 11.9 Å². The van der Waals surface area contributed by atoms with Gasteiger partial charge in [-0.1, -0.05) is 12.1 Å². The molecule has 0 atom stereocenters. The van der Waals surface area contributed by atoms with Crippen molar-refractivity contribution in [1.82, 2.24) is 4.57 Å². The van der Waals surface area contributed by atoms with Crippen molar-refractivity contribution in [1.29, 1.82) is 0 Å². The van der Waals surface area contributed by atoms with Crippen LogP contribution in [0.4, 0.5) is 0 Å². The highest BCUT2D eigenvalue weighted by Gasteiger charge is 2.17. The van der Waals surface area contributed by atoms with Gasteiger partial charge in [0.2, 0.25) is 5.91 Å². The van der Waals surface area contributed by atoms with Crippen molar-refractivity contribution in [3.05, 3.63) is 30.0 Å². The molecule has 0 unspecified atom stereocenters. The number of carboxylic acids is 1. The molecule has 6 nitrogen and oxygen atoms in total. The lowest BCUT2D eigenvalue weighted by atomic mass is 10.1. The standard InChI is InChI=1S/C14H13NO5/c1-8(16)15-7-12(20-9(2)17)11-5-3-4-10(14(11)15)6-13(18)19/h3-5,7H,6H2,1-2H3,(H,18,19). The molecule has 0 aliphatic rings. The predicted molar refractivity (Wildman–Crippen MR) is 70.9 cm³/mol. The highest BCUT2D eigenvalue weighted by molar-refractivity contribution is 5.99. The van der Waals surface area contributed by atoms with Gasteiger partial charge in [0, 0.05) is 19.2 Å². The summed E-state index contributed by atoms with van der Waals surface area (Å²) in [4.78, 5) is 33.7. The Morgan fingerprint density at radius 1 is 1.25 bits per heavy atom. The number of carbonyl (C=O) groups is 3. The number of aromatic nitrogens is 1. The monoisotopic (exact) mass is 275 g/mol. The van der Waals surface area contributed by atoms with Gasteiger partial charge in [0.15, 0.2) is 5.75 Å². The molecule has 0 radical (unpaired) electrons. The molecule has 1 N–H and O–H groups in total. The minimum atomic E-state index is -0.997. The van der Waals surface area contributed by atoms with Crippen molar-refractivity contribution < 1.29 is 24.2 Å². The van der Waals surface area contributed by atoms with Gasteiger partial charge in [0.05, 0.1) is 18.1 Å². The number of nitrogens with zero attached hydrogens (tertiary/aromatic N) is 1. The van der Waals surface area contributed by atoms with Crippen LogP contribution in [-0.2, 0) is 16.0 Å². The summed E-state index contributed by atoms with van der Waals surface area (Å²) < 4.78 is 6.36. The number of hydrogen-bond donors (Lipinski definition) is 1. The van der Waals surface area contributed by atoms with Gasteiger partial charge in [0.1, 0.15) is 0 Å². The molecule has 0 fully saturated rings. The molecule has 1 heterocycles. The third-order valence-corrected chi connectivity index (χ3v) is 2.81. The first kappa shape index (κ1) is 13.8. The van der Waals surface area contributed by atoms with E-state index in [0.717, 1.165) is 0 Å². The first-order valence-corrected chi connectivity index (χ1v) is 5.94. The molecular formula is C14H13NO5. The molecule has 0 saturated carbocycles. The number of fused-ring (bicyclic) bond motifs is 1. The second-order valence-corrected chi connectivity index (χ2v) is 4.36.